The molecule has 0 saturated carbocycles. The summed E-state index contributed by atoms with van der Waals surface area (Å²) in [6.45, 7) is 5.64. The van der Waals surface area contributed by atoms with Crippen LogP contribution in [0.2, 0.25) is 0 Å². The Morgan fingerprint density at radius 3 is 2.86 bits per heavy atom. The van der Waals surface area contributed by atoms with E-state index in [2.05, 4.69) is 22.5 Å². The van der Waals surface area contributed by atoms with E-state index in [9.17, 15) is 4.39 Å². The van der Waals surface area contributed by atoms with Gasteiger partial charge in [-0.15, -0.1) is 0 Å². The molecule has 0 amide bonds. The molecule has 1 aliphatic rings. The molecule has 0 bridgehead atoms. The molecule has 0 aliphatic carbocycles. The molecule has 0 radical (unpaired) electrons. The lowest BCUT2D eigenvalue weighted by molar-refractivity contribution is 0.584. The Labute approximate surface area is 130 Å². The molecule has 2 N–H and O–H groups in total. The molecule has 2 rings (SSSR count). The molecule has 1 unspecified atom stereocenters. The quantitative estimate of drug-likeness (QED) is 0.663. The van der Waals surface area contributed by atoms with Gasteiger partial charge in [0.1, 0.15) is 5.82 Å². The molecular weight excluding hydrogens is 285 g/mol. The van der Waals surface area contributed by atoms with Gasteiger partial charge in [0.05, 0.1) is 0 Å². The van der Waals surface area contributed by atoms with Crippen LogP contribution in [0.1, 0.15) is 30.9 Å². The molecule has 116 valence electrons. The van der Waals surface area contributed by atoms with Crippen molar-refractivity contribution >= 4 is 17.7 Å². The maximum absolute atomic E-state index is 13.2. The Kier molecular flexibility index (Phi) is 5.51. The minimum Gasteiger partial charge on any atom is -0.355 e. The predicted molar refractivity (Wildman–Crippen MR) is 89.4 cm³/mol. The molecule has 1 aromatic rings. The van der Waals surface area contributed by atoms with Crippen LogP contribution in [0.4, 0.5) is 4.39 Å². The standard InChI is InChI=1S/C16H24FN3S/c1-12-9-13(5-6-14(12)17)10-19-15(18-3)20-11-16(2)7-4-8-21-16/h5-6,9H,4,7-8,10-11H2,1-3H3,(H2,18,19,20). The minimum atomic E-state index is -0.160. The Hall–Kier alpha value is -1.23. The maximum atomic E-state index is 13.2. The van der Waals surface area contributed by atoms with Crippen molar-refractivity contribution in [3.8, 4) is 0 Å². The van der Waals surface area contributed by atoms with Crippen LogP contribution < -0.4 is 10.6 Å². The van der Waals surface area contributed by atoms with Crippen molar-refractivity contribution in [2.75, 3.05) is 19.3 Å². The van der Waals surface area contributed by atoms with E-state index in [1.54, 1.807) is 20.0 Å². The maximum Gasteiger partial charge on any atom is 0.191 e. The third kappa shape index (κ3) is 4.63. The van der Waals surface area contributed by atoms with Crippen LogP contribution in [0.3, 0.4) is 0 Å². The highest BCUT2D eigenvalue weighted by Crippen LogP contribution is 2.36. The van der Waals surface area contributed by atoms with Crippen molar-refractivity contribution in [1.82, 2.24) is 10.6 Å². The van der Waals surface area contributed by atoms with E-state index < -0.39 is 0 Å². The first-order valence-electron chi connectivity index (χ1n) is 7.36. The summed E-state index contributed by atoms with van der Waals surface area (Å²) in [5.41, 5.74) is 1.73. The summed E-state index contributed by atoms with van der Waals surface area (Å²) < 4.78 is 13.6. The van der Waals surface area contributed by atoms with E-state index in [1.807, 2.05) is 17.8 Å². The number of hydrogen-bond acceptors (Lipinski definition) is 2. The smallest absolute Gasteiger partial charge is 0.191 e. The number of halogens is 1. The highest BCUT2D eigenvalue weighted by molar-refractivity contribution is 8.00. The van der Waals surface area contributed by atoms with Crippen molar-refractivity contribution in [1.29, 1.82) is 0 Å². The Morgan fingerprint density at radius 2 is 2.24 bits per heavy atom. The molecule has 1 fully saturated rings. The lowest BCUT2D eigenvalue weighted by Gasteiger charge is -2.24. The van der Waals surface area contributed by atoms with Gasteiger partial charge in [-0.05, 0) is 49.6 Å². The van der Waals surface area contributed by atoms with Gasteiger partial charge in [0.25, 0.3) is 0 Å². The van der Waals surface area contributed by atoms with Gasteiger partial charge in [-0.25, -0.2) is 4.39 Å². The Bertz CT molecular complexity index is 510. The molecule has 0 spiro atoms. The number of benzene rings is 1. The van der Waals surface area contributed by atoms with Crippen molar-refractivity contribution in [3.05, 3.63) is 35.1 Å². The molecule has 1 atom stereocenters. The number of guanidine groups is 1. The topological polar surface area (TPSA) is 36.4 Å². The summed E-state index contributed by atoms with van der Waals surface area (Å²) in [4.78, 5) is 4.25. The highest BCUT2D eigenvalue weighted by atomic mass is 32.2. The number of aliphatic imine (C=N–C) groups is 1. The summed E-state index contributed by atoms with van der Waals surface area (Å²) in [7, 11) is 1.77. The number of aryl methyl sites for hydroxylation is 1. The minimum absolute atomic E-state index is 0.160. The number of nitrogens with one attached hydrogen (secondary N) is 2. The van der Waals surface area contributed by atoms with Crippen molar-refractivity contribution in [3.63, 3.8) is 0 Å². The van der Waals surface area contributed by atoms with Crippen LogP contribution in [0.5, 0.6) is 0 Å². The van der Waals surface area contributed by atoms with Gasteiger partial charge in [-0.2, -0.15) is 11.8 Å². The third-order valence-corrected chi connectivity index (χ3v) is 5.37. The zero-order valence-corrected chi connectivity index (χ0v) is 13.8. The van der Waals surface area contributed by atoms with Crippen molar-refractivity contribution in [2.45, 2.75) is 38.0 Å². The van der Waals surface area contributed by atoms with Crippen molar-refractivity contribution in [2.24, 2.45) is 4.99 Å². The van der Waals surface area contributed by atoms with Crippen molar-refractivity contribution < 1.29 is 4.39 Å². The van der Waals surface area contributed by atoms with Gasteiger partial charge in [0, 0.05) is 24.9 Å². The normalized spacial score (nSPS) is 22.4. The second-order valence-corrected chi connectivity index (χ2v) is 7.45. The second kappa shape index (κ2) is 7.16. The number of nitrogens with zero attached hydrogens (tertiary/aromatic N) is 1. The molecule has 0 aromatic heterocycles. The fourth-order valence-corrected chi connectivity index (χ4v) is 3.71. The van der Waals surface area contributed by atoms with Gasteiger partial charge in [-0.1, -0.05) is 12.1 Å². The molecule has 3 nitrogen and oxygen atoms in total. The van der Waals surface area contributed by atoms with E-state index in [1.165, 1.54) is 24.7 Å². The fraction of sp³-hybridized carbons (Fsp3) is 0.562. The first-order chi connectivity index (χ1) is 10.0. The first-order valence-corrected chi connectivity index (χ1v) is 8.34. The molecule has 1 aromatic carbocycles. The van der Waals surface area contributed by atoms with Crippen LogP contribution in [0.25, 0.3) is 0 Å². The largest absolute Gasteiger partial charge is 0.355 e. The molecule has 5 heteroatoms. The number of rotatable bonds is 4. The van der Waals surface area contributed by atoms with E-state index >= 15 is 0 Å². The van der Waals surface area contributed by atoms with Crippen LogP contribution >= 0.6 is 11.8 Å². The third-order valence-electron chi connectivity index (χ3n) is 3.84. The SMILES string of the molecule is CN=C(NCc1ccc(F)c(C)c1)NCC1(C)CCCS1. The van der Waals surface area contributed by atoms with Crippen LogP contribution in [-0.2, 0) is 6.54 Å². The van der Waals surface area contributed by atoms with E-state index in [0.29, 0.717) is 16.9 Å². The second-order valence-electron chi connectivity index (χ2n) is 5.76. The van der Waals surface area contributed by atoms with Gasteiger partial charge < -0.3 is 10.6 Å². The summed E-state index contributed by atoms with van der Waals surface area (Å²) in [5.74, 6) is 1.89. The predicted octanol–water partition coefficient (Wildman–Crippen LogP) is 3.08. The zero-order chi connectivity index (χ0) is 15.3. The van der Waals surface area contributed by atoms with Gasteiger partial charge in [0.15, 0.2) is 5.96 Å². The number of thioether (sulfide) groups is 1. The van der Waals surface area contributed by atoms with Crippen LogP contribution in [0.15, 0.2) is 23.2 Å². The summed E-state index contributed by atoms with van der Waals surface area (Å²) in [6.07, 6.45) is 2.54. The molecule has 1 aliphatic heterocycles. The monoisotopic (exact) mass is 309 g/mol. The summed E-state index contributed by atoms with van der Waals surface area (Å²) in [6, 6.07) is 5.18. The Balaban J connectivity index is 1.83. The van der Waals surface area contributed by atoms with Gasteiger partial charge in [0.2, 0.25) is 0 Å². The van der Waals surface area contributed by atoms with Gasteiger partial charge in [-0.3, -0.25) is 4.99 Å². The average molecular weight is 309 g/mol. The highest BCUT2D eigenvalue weighted by Gasteiger charge is 2.29. The molecule has 1 heterocycles. The van der Waals surface area contributed by atoms with E-state index in [0.717, 1.165) is 18.1 Å². The summed E-state index contributed by atoms with van der Waals surface area (Å²) >= 11 is 2.03. The lowest BCUT2D eigenvalue weighted by atomic mass is 10.1. The van der Waals surface area contributed by atoms with E-state index in [-0.39, 0.29) is 5.82 Å². The van der Waals surface area contributed by atoms with Crippen LogP contribution in [0, 0.1) is 12.7 Å². The zero-order valence-electron chi connectivity index (χ0n) is 13.0. The molecular formula is C16H24FN3S. The fourth-order valence-electron chi connectivity index (χ4n) is 2.47. The van der Waals surface area contributed by atoms with Gasteiger partial charge >= 0.3 is 0 Å². The van der Waals surface area contributed by atoms with Crippen LogP contribution in [-0.4, -0.2) is 30.1 Å². The average Bonchev–Trinajstić information content (AvgIpc) is 2.90. The summed E-state index contributed by atoms with van der Waals surface area (Å²) in [5, 5.41) is 6.67. The first kappa shape index (κ1) is 16.1. The molecule has 21 heavy (non-hydrogen) atoms. The molecule has 1 saturated heterocycles. The lowest BCUT2D eigenvalue weighted by Crippen LogP contribution is -2.43. The number of hydrogen-bond donors (Lipinski definition) is 2. The Morgan fingerprint density at radius 1 is 1.43 bits per heavy atom. The van der Waals surface area contributed by atoms with E-state index in [4.69, 9.17) is 0 Å².